The largest absolute Gasteiger partial charge is 0.491 e. The van der Waals surface area contributed by atoms with Crippen molar-refractivity contribution in [3.8, 4) is 11.5 Å². The Morgan fingerprint density at radius 2 is 1.50 bits per heavy atom. The molecule has 0 amide bonds. The van der Waals surface area contributed by atoms with Gasteiger partial charge in [0.05, 0.1) is 18.8 Å². The molecule has 1 N–H and O–H groups in total. The van der Waals surface area contributed by atoms with Crippen molar-refractivity contribution in [1.82, 2.24) is 4.57 Å². The summed E-state index contributed by atoms with van der Waals surface area (Å²) in [6, 6.07) is 28.5. The summed E-state index contributed by atoms with van der Waals surface area (Å²) in [5, 5.41) is 11.7. The van der Waals surface area contributed by atoms with Gasteiger partial charge in [-0.15, -0.1) is 11.3 Å². The van der Waals surface area contributed by atoms with Gasteiger partial charge in [0.1, 0.15) is 16.5 Å². The van der Waals surface area contributed by atoms with E-state index in [0.29, 0.717) is 0 Å². The molecule has 0 fully saturated rings. The number of carbonyl (C=O) groups is 1. The van der Waals surface area contributed by atoms with Crippen LogP contribution in [-0.2, 0) is 11.3 Å². The number of aryl methyl sites for hydroxylation is 1. The van der Waals surface area contributed by atoms with Crippen LogP contribution < -0.4 is 14.4 Å². The smallest absolute Gasteiger partial charge is 0.333 e. The molecule has 2 heterocycles. The molecule has 0 saturated carbocycles. The first-order chi connectivity index (χ1) is 23.2. The van der Waals surface area contributed by atoms with Gasteiger partial charge in [-0.25, -0.2) is 4.85 Å². The summed E-state index contributed by atoms with van der Waals surface area (Å²) in [5.41, 5.74) is 4.30. The van der Waals surface area contributed by atoms with E-state index in [1.807, 2.05) is 82.3 Å². The number of fused-ring (bicyclic) bond motifs is 1. The summed E-state index contributed by atoms with van der Waals surface area (Å²) in [5.74, 6) is 0.399. The maximum Gasteiger partial charge on any atom is 0.333 e. The first kappa shape index (κ1) is 34.1. The fourth-order valence-corrected chi connectivity index (χ4v) is 6.47. The topological polar surface area (TPSA) is 68.3 Å². The summed E-state index contributed by atoms with van der Waals surface area (Å²) < 4.78 is 13.9. The van der Waals surface area contributed by atoms with Gasteiger partial charge in [0.2, 0.25) is 0 Å². The molecule has 246 valence electrons. The first-order valence-electron chi connectivity index (χ1n) is 16.2. The monoisotopic (exact) mass is 659 g/mol. The van der Waals surface area contributed by atoms with E-state index in [1.165, 1.54) is 6.08 Å². The second-order valence-electron chi connectivity index (χ2n) is 11.9. The molecule has 0 aliphatic heterocycles. The molecule has 0 radical (unpaired) electrons. The van der Waals surface area contributed by atoms with Crippen LogP contribution in [0.5, 0.6) is 11.5 Å². The molecule has 0 unspecified atom stereocenters. The minimum Gasteiger partial charge on any atom is -0.491 e. The quantitative estimate of drug-likeness (QED) is 0.0949. The molecule has 0 saturated heterocycles. The fraction of sp³-hybridized carbons (Fsp3) is 0.250. The van der Waals surface area contributed by atoms with E-state index < -0.39 is 5.97 Å². The van der Waals surface area contributed by atoms with Crippen molar-refractivity contribution in [2.24, 2.45) is 0 Å². The number of aliphatic carboxylic acids is 1. The van der Waals surface area contributed by atoms with E-state index in [9.17, 15) is 9.90 Å². The lowest BCUT2D eigenvalue weighted by Gasteiger charge is -2.24. The summed E-state index contributed by atoms with van der Waals surface area (Å²) in [6.45, 7) is 18.4. The second-order valence-corrected chi connectivity index (χ2v) is 13.0. The van der Waals surface area contributed by atoms with E-state index in [1.54, 1.807) is 11.3 Å². The number of hydrogen-bond donors (Lipinski definition) is 1. The lowest BCUT2D eigenvalue weighted by atomic mass is 10.1. The first-order valence-corrected chi connectivity index (χ1v) is 17.0. The van der Waals surface area contributed by atoms with Gasteiger partial charge in [-0.2, -0.15) is 0 Å². The maximum absolute atomic E-state index is 11.9. The summed E-state index contributed by atoms with van der Waals surface area (Å²) >= 11 is 1.65. The van der Waals surface area contributed by atoms with Crippen molar-refractivity contribution < 1.29 is 19.4 Å². The Morgan fingerprint density at radius 1 is 0.896 bits per heavy atom. The Morgan fingerprint density at radius 3 is 2.04 bits per heavy atom. The van der Waals surface area contributed by atoms with Crippen LogP contribution in [0.15, 0.2) is 90.6 Å². The van der Waals surface area contributed by atoms with Crippen LogP contribution in [0.4, 0.5) is 16.4 Å². The number of carboxylic acid groups (broad SMARTS) is 1. The number of rotatable bonds is 14. The zero-order valence-corrected chi connectivity index (χ0v) is 28.8. The van der Waals surface area contributed by atoms with Gasteiger partial charge in [-0.05, 0) is 113 Å². The molecule has 0 spiro atoms. The van der Waals surface area contributed by atoms with E-state index in [-0.39, 0.29) is 17.9 Å². The third kappa shape index (κ3) is 7.99. The van der Waals surface area contributed by atoms with Gasteiger partial charge < -0.3 is 24.0 Å². The second kappa shape index (κ2) is 15.6. The molecule has 0 bridgehead atoms. The highest BCUT2D eigenvalue weighted by atomic mass is 32.1. The number of anilines is 3. The van der Waals surface area contributed by atoms with Crippen molar-refractivity contribution in [1.29, 1.82) is 0 Å². The number of carboxylic acids is 1. The van der Waals surface area contributed by atoms with Crippen molar-refractivity contribution >= 4 is 62.8 Å². The van der Waals surface area contributed by atoms with E-state index in [4.69, 9.17) is 16.0 Å². The minimum absolute atomic E-state index is 0.0841. The summed E-state index contributed by atoms with van der Waals surface area (Å²) in [7, 11) is 0. The van der Waals surface area contributed by atoms with Crippen LogP contribution in [0.2, 0.25) is 0 Å². The standard InChI is InChI=1S/C40H41N3O4S/c1-7-8-25-42-37-12-10-9-11-34(37)35(38(42)26-36(41-6)40(44)45)23-21-33-22-24-39(48-33)43(29-13-17-31(18-14-29)46-27(2)3)30-15-19-32(20-16-30)47-28(4)5/h9-24,26-28H,7-8,25H2,1-5H3,(H,44,45)/b23-21+,36-26+. The molecule has 0 aliphatic rings. The Hall–Kier alpha value is -5.26. The van der Waals surface area contributed by atoms with Crippen LogP contribution in [0.3, 0.4) is 0 Å². The molecule has 8 heteroatoms. The predicted molar refractivity (Wildman–Crippen MR) is 199 cm³/mol. The molecule has 48 heavy (non-hydrogen) atoms. The average Bonchev–Trinajstić information content (AvgIpc) is 3.64. The molecular formula is C40H41N3O4S. The molecule has 2 aromatic heterocycles. The molecule has 5 rings (SSSR count). The molecular weight excluding hydrogens is 619 g/mol. The van der Waals surface area contributed by atoms with Crippen molar-refractivity contribution in [3.63, 3.8) is 0 Å². The van der Waals surface area contributed by atoms with E-state index in [2.05, 4.69) is 63.7 Å². The third-order valence-corrected chi connectivity index (χ3v) is 8.62. The van der Waals surface area contributed by atoms with Crippen LogP contribution in [0, 0.1) is 6.57 Å². The number of para-hydroxylation sites is 1. The van der Waals surface area contributed by atoms with E-state index in [0.717, 1.165) is 74.3 Å². The lowest BCUT2D eigenvalue weighted by molar-refractivity contribution is -0.132. The van der Waals surface area contributed by atoms with Crippen LogP contribution in [0.25, 0.3) is 34.0 Å². The number of thiophene rings is 1. The van der Waals surface area contributed by atoms with Gasteiger partial charge in [-0.3, -0.25) is 4.79 Å². The summed E-state index contributed by atoms with van der Waals surface area (Å²) in [6.07, 6.45) is 7.70. The maximum atomic E-state index is 11.9. The van der Waals surface area contributed by atoms with Gasteiger partial charge in [0, 0.05) is 45.0 Å². The zero-order chi connectivity index (χ0) is 34.2. The Labute approximate surface area is 286 Å². The summed E-state index contributed by atoms with van der Waals surface area (Å²) in [4.78, 5) is 18.4. The number of ether oxygens (including phenoxy) is 2. The highest BCUT2D eigenvalue weighted by molar-refractivity contribution is 7.17. The molecule has 0 aliphatic carbocycles. The van der Waals surface area contributed by atoms with Crippen LogP contribution in [0.1, 0.15) is 63.6 Å². The van der Waals surface area contributed by atoms with Crippen LogP contribution >= 0.6 is 11.3 Å². The predicted octanol–water partition coefficient (Wildman–Crippen LogP) is 11.1. The fourth-order valence-electron chi connectivity index (χ4n) is 5.52. The van der Waals surface area contributed by atoms with Crippen molar-refractivity contribution in [2.75, 3.05) is 4.90 Å². The number of benzene rings is 3. The number of nitrogens with zero attached hydrogens (tertiary/aromatic N) is 3. The minimum atomic E-state index is -1.23. The SMILES string of the molecule is [C-]#[N+]/C(=C/c1c(/C=C/c2ccc(N(c3ccc(OC(C)C)cc3)c3ccc(OC(C)C)cc3)s2)c2ccccc2n1CCCC)C(=O)O. The number of unbranched alkanes of at least 4 members (excludes halogenated alkanes) is 1. The van der Waals surface area contributed by atoms with Gasteiger partial charge in [-0.1, -0.05) is 37.6 Å². The third-order valence-electron chi connectivity index (χ3n) is 7.58. The van der Waals surface area contributed by atoms with Gasteiger partial charge in [0.15, 0.2) is 0 Å². The molecule has 5 aromatic rings. The normalized spacial score (nSPS) is 11.8. The molecule has 7 nitrogen and oxygen atoms in total. The zero-order valence-electron chi connectivity index (χ0n) is 28.0. The van der Waals surface area contributed by atoms with Crippen molar-refractivity contribution in [2.45, 2.75) is 66.2 Å². The Balaban J connectivity index is 1.56. The highest BCUT2D eigenvalue weighted by Crippen LogP contribution is 2.41. The number of aromatic nitrogens is 1. The van der Waals surface area contributed by atoms with Crippen molar-refractivity contribution in [3.05, 3.63) is 118 Å². The highest BCUT2D eigenvalue weighted by Gasteiger charge is 2.18. The Kier molecular flexibility index (Phi) is 11.0. The molecule has 0 atom stereocenters. The Bertz CT molecular complexity index is 1900. The van der Waals surface area contributed by atoms with Crippen LogP contribution in [-0.4, -0.2) is 27.9 Å². The van der Waals surface area contributed by atoms with E-state index >= 15 is 0 Å². The lowest BCUT2D eigenvalue weighted by Crippen LogP contribution is -2.10. The van der Waals surface area contributed by atoms with Gasteiger partial charge >= 0.3 is 5.97 Å². The van der Waals surface area contributed by atoms with Gasteiger partial charge in [0.25, 0.3) is 5.70 Å². The number of hydrogen-bond acceptors (Lipinski definition) is 5. The molecule has 3 aromatic carbocycles. The average molecular weight is 660 g/mol.